The molecule has 3 rings (SSSR count). The lowest BCUT2D eigenvalue weighted by Crippen LogP contribution is -1.99. The minimum atomic E-state index is -0.0997. The summed E-state index contributed by atoms with van der Waals surface area (Å²) >= 11 is 5.90. The summed E-state index contributed by atoms with van der Waals surface area (Å²) in [6, 6.07) is 15.2. The maximum absolute atomic E-state index is 9.33. The van der Waals surface area contributed by atoms with Crippen LogP contribution in [0.2, 0.25) is 5.02 Å². The monoisotopic (exact) mass is 299 g/mol. The second kappa shape index (κ2) is 6.12. The molecule has 0 bridgehead atoms. The van der Waals surface area contributed by atoms with Gasteiger partial charge < -0.3 is 9.84 Å². The lowest BCUT2D eigenvalue weighted by atomic mass is 10.1. The van der Waals surface area contributed by atoms with E-state index in [2.05, 4.69) is 11.1 Å². The topological polar surface area (TPSA) is 42.4 Å². The van der Waals surface area contributed by atoms with Crippen molar-refractivity contribution in [2.24, 2.45) is 0 Å². The molecule has 0 saturated heterocycles. The molecule has 1 aromatic heterocycles. The number of aliphatic hydroxyl groups is 1. The molecule has 0 aliphatic heterocycles. The first-order chi connectivity index (χ1) is 10.3. The average Bonchev–Trinajstić information content (AvgIpc) is 2.53. The van der Waals surface area contributed by atoms with Crippen LogP contribution in [-0.2, 0) is 13.2 Å². The zero-order valence-electron chi connectivity index (χ0n) is 11.3. The number of fused-ring (bicyclic) bond motifs is 1. The maximum Gasteiger partial charge on any atom is 0.125 e. The molecule has 106 valence electrons. The van der Waals surface area contributed by atoms with E-state index in [0.717, 1.165) is 16.5 Å². The Bertz CT molecular complexity index is 774. The second-order valence-electron chi connectivity index (χ2n) is 4.73. The number of nitrogens with zero attached hydrogens (tertiary/aromatic N) is 1. The summed E-state index contributed by atoms with van der Waals surface area (Å²) in [6.07, 6.45) is 1.78. The molecule has 0 amide bonds. The molecular weight excluding hydrogens is 286 g/mol. The smallest absolute Gasteiger partial charge is 0.125 e. The fourth-order valence-electron chi connectivity index (χ4n) is 2.19. The van der Waals surface area contributed by atoms with Gasteiger partial charge in [0, 0.05) is 22.2 Å². The molecule has 0 spiro atoms. The van der Waals surface area contributed by atoms with Crippen molar-refractivity contribution < 1.29 is 9.84 Å². The zero-order valence-corrected chi connectivity index (χ0v) is 12.0. The quantitative estimate of drug-likeness (QED) is 0.793. The number of halogens is 1. The molecule has 2 aromatic carbocycles. The van der Waals surface area contributed by atoms with Gasteiger partial charge in [-0.15, -0.1) is 0 Å². The summed E-state index contributed by atoms with van der Waals surface area (Å²) in [5.41, 5.74) is 2.70. The average molecular weight is 300 g/mol. The molecule has 4 heteroatoms. The van der Waals surface area contributed by atoms with Crippen molar-refractivity contribution in [2.75, 3.05) is 0 Å². The SMILES string of the molecule is OCc1cc(Cl)ccc1OCc1ccc2ncccc2c1. The summed E-state index contributed by atoms with van der Waals surface area (Å²) in [7, 11) is 0. The van der Waals surface area contributed by atoms with Crippen LogP contribution in [-0.4, -0.2) is 10.1 Å². The first kappa shape index (κ1) is 13.9. The number of pyridine rings is 1. The highest BCUT2D eigenvalue weighted by Gasteiger charge is 2.05. The highest BCUT2D eigenvalue weighted by Crippen LogP contribution is 2.24. The van der Waals surface area contributed by atoms with Crippen LogP contribution >= 0.6 is 11.6 Å². The normalized spacial score (nSPS) is 10.8. The third kappa shape index (κ3) is 3.15. The van der Waals surface area contributed by atoms with Crippen molar-refractivity contribution in [2.45, 2.75) is 13.2 Å². The van der Waals surface area contributed by atoms with Crippen molar-refractivity contribution in [3.05, 3.63) is 70.9 Å². The Morgan fingerprint density at radius 1 is 1.10 bits per heavy atom. The van der Waals surface area contributed by atoms with Gasteiger partial charge in [-0.05, 0) is 42.0 Å². The molecule has 0 unspecified atom stereocenters. The number of ether oxygens (including phenoxy) is 1. The lowest BCUT2D eigenvalue weighted by molar-refractivity contribution is 0.259. The Morgan fingerprint density at radius 3 is 2.86 bits per heavy atom. The molecular formula is C17H14ClNO2. The number of aliphatic hydroxyl groups excluding tert-OH is 1. The van der Waals surface area contributed by atoms with Crippen LogP contribution in [0.4, 0.5) is 0 Å². The van der Waals surface area contributed by atoms with E-state index in [4.69, 9.17) is 16.3 Å². The van der Waals surface area contributed by atoms with Crippen LogP contribution in [0, 0.1) is 0 Å². The molecule has 0 aliphatic carbocycles. The van der Waals surface area contributed by atoms with Crippen molar-refractivity contribution in [3.63, 3.8) is 0 Å². The molecule has 21 heavy (non-hydrogen) atoms. The van der Waals surface area contributed by atoms with Gasteiger partial charge in [-0.25, -0.2) is 0 Å². The molecule has 0 atom stereocenters. The van der Waals surface area contributed by atoms with Gasteiger partial charge in [0.1, 0.15) is 12.4 Å². The van der Waals surface area contributed by atoms with Gasteiger partial charge in [-0.2, -0.15) is 0 Å². The zero-order chi connectivity index (χ0) is 14.7. The third-order valence-electron chi connectivity index (χ3n) is 3.25. The predicted octanol–water partition coefficient (Wildman–Crippen LogP) is 3.96. The van der Waals surface area contributed by atoms with E-state index in [0.29, 0.717) is 22.9 Å². The summed E-state index contributed by atoms with van der Waals surface area (Å²) in [5.74, 6) is 0.646. The van der Waals surface area contributed by atoms with Crippen LogP contribution in [0.1, 0.15) is 11.1 Å². The van der Waals surface area contributed by atoms with Gasteiger partial charge in [0.25, 0.3) is 0 Å². The second-order valence-corrected chi connectivity index (χ2v) is 5.17. The van der Waals surface area contributed by atoms with Crippen molar-refractivity contribution >= 4 is 22.5 Å². The summed E-state index contributed by atoms with van der Waals surface area (Å²) in [5, 5.41) is 11.0. The fourth-order valence-corrected chi connectivity index (χ4v) is 2.38. The molecule has 0 aliphatic rings. The minimum Gasteiger partial charge on any atom is -0.489 e. The van der Waals surface area contributed by atoms with Crippen LogP contribution in [0.5, 0.6) is 5.75 Å². The van der Waals surface area contributed by atoms with E-state index in [9.17, 15) is 5.11 Å². The Hall–Kier alpha value is -2.10. The number of hydrogen-bond donors (Lipinski definition) is 1. The van der Waals surface area contributed by atoms with Gasteiger partial charge in [0.2, 0.25) is 0 Å². The number of hydrogen-bond acceptors (Lipinski definition) is 3. The van der Waals surface area contributed by atoms with Gasteiger partial charge >= 0.3 is 0 Å². The standard InChI is InChI=1S/C17H14ClNO2/c18-15-4-6-17(14(9-15)10-20)21-11-12-3-5-16-13(8-12)2-1-7-19-16/h1-9,20H,10-11H2. The van der Waals surface area contributed by atoms with E-state index < -0.39 is 0 Å². The highest BCUT2D eigenvalue weighted by atomic mass is 35.5. The maximum atomic E-state index is 9.33. The minimum absolute atomic E-state index is 0.0997. The van der Waals surface area contributed by atoms with Gasteiger partial charge in [0.15, 0.2) is 0 Å². The Labute approximate surface area is 127 Å². The molecule has 3 aromatic rings. The Kier molecular flexibility index (Phi) is 4.04. The largest absolute Gasteiger partial charge is 0.489 e. The molecule has 0 radical (unpaired) electrons. The van der Waals surface area contributed by atoms with E-state index in [1.165, 1.54) is 0 Å². The number of benzene rings is 2. The molecule has 0 saturated carbocycles. The van der Waals surface area contributed by atoms with E-state index >= 15 is 0 Å². The van der Waals surface area contributed by atoms with E-state index in [-0.39, 0.29) is 6.61 Å². The number of rotatable bonds is 4. The Morgan fingerprint density at radius 2 is 2.00 bits per heavy atom. The molecule has 1 N–H and O–H groups in total. The van der Waals surface area contributed by atoms with Gasteiger partial charge in [-0.3, -0.25) is 4.98 Å². The summed E-state index contributed by atoms with van der Waals surface area (Å²) in [6.45, 7) is 0.330. The fraction of sp³-hybridized carbons (Fsp3) is 0.118. The van der Waals surface area contributed by atoms with Crippen LogP contribution in [0.25, 0.3) is 10.9 Å². The van der Waals surface area contributed by atoms with Crippen LogP contribution in [0.15, 0.2) is 54.7 Å². The van der Waals surface area contributed by atoms with Crippen molar-refractivity contribution in [1.82, 2.24) is 4.98 Å². The summed E-state index contributed by atoms with van der Waals surface area (Å²) < 4.78 is 5.78. The van der Waals surface area contributed by atoms with Crippen LogP contribution in [0.3, 0.4) is 0 Å². The van der Waals surface area contributed by atoms with Gasteiger partial charge in [0.05, 0.1) is 12.1 Å². The molecule has 1 heterocycles. The first-order valence-corrected chi connectivity index (χ1v) is 7.00. The lowest BCUT2D eigenvalue weighted by Gasteiger charge is -2.11. The third-order valence-corrected chi connectivity index (χ3v) is 3.49. The van der Waals surface area contributed by atoms with E-state index in [1.807, 2.05) is 24.3 Å². The first-order valence-electron chi connectivity index (χ1n) is 6.62. The van der Waals surface area contributed by atoms with Crippen molar-refractivity contribution in [3.8, 4) is 5.75 Å². The predicted molar refractivity (Wildman–Crippen MR) is 83.4 cm³/mol. The number of aromatic nitrogens is 1. The highest BCUT2D eigenvalue weighted by molar-refractivity contribution is 6.30. The summed E-state index contributed by atoms with van der Waals surface area (Å²) in [4.78, 5) is 4.29. The van der Waals surface area contributed by atoms with Crippen LogP contribution < -0.4 is 4.74 Å². The molecule has 3 nitrogen and oxygen atoms in total. The Balaban J connectivity index is 1.80. The van der Waals surface area contributed by atoms with E-state index in [1.54, 1.807) is 24.4 Å². The van der Waals surface area contributed by atoms with Gasteiger partial charge in [-0.1, -0.05) is 23.7 Å². The molecule has 0 fully saturated rings. The van der Waals surface area contributed by atoms with Crippen molar-refractivity contribution in [1.29, 1.82) is 0 Å².